The third-order valence-electron chi connectivity index (χ3n) is 2.96. The molecule has 0 atom stereocenters. The van der Waals surface area contributed by atoms with E-state index in [0.29, 0.717) is 12.3 Å². The summed E-state index contributed by atoms with van der Waals surface area (Å²) in [6.45, 7) is 2.27. The number of rotatable bonds is 4. The third-order valence-corrected chi connectivity index (χ3v) is 3.88. The first-order valence-corrected chi connectivity index (χ1v) is 7.53. The lowest BCUT2D eigenvalue weighted by Crippen LogP contribution is -2.38. The highest BCUT2D eigenvalue weighted by atomic mass is 32.2. The molecule has 1 aromatic carbocycles. The number of hydrogen-bond donors (Lipinski definition) is 0. The van der Waals surface area contributed by atoms with E-state index in [-0.39, 0.29) is 29.5 Å². The van der Waals surface area contributed by atoms with Crippen molar-refractivity contribution in [1.29, 1.82) is 0 Å². The summed E-state index contributed by atoms with van der Waals surface area (Å²) in [5.74, 6) is 0.241. The van der Waals surface area contributed by atoms with E-state index >= 15 is 0 Å². The van der Waals surface area contributed by atoms with Crippen LogP contribution in [0, 0.1) is 10.1 Å². The molecule has 1 fully saturated rings. The lowest BCUT2D eigenvalue weighted by molar-refractivity contribution is -0.384. The van der Waals surface area contributed by atoms with Gasteiger partial charge >= 0.3 is 5.97 Å². The number of anilines is 1. The molecule has 112 valence electrons. The Morgan fingerprint density at radius 2 is 2.29 bits per heavy atom. The molecule has 0 N–H and O–H groups in total. The molecule has 0 radical (unpaired) electrons. The quantitative estimate of drug-likeness (QED) is 0.479. The fourth-order valence-corrected chi connectivity index (χ4v) is 2.80. The van der Waals surface area contributed by atoms with Crippen molar-refractivity contribution in [3.8, 4) is 0 Å². The van der Waals surface area contributed by atoms with E-state index in [1.54, 1.807) is 6.92 Å². The summed E-state index contributed by atoms with van der Waals surface area (Å²) in [6, 6.07) is 4.02. The van der Waals surface area contributed by atoms with Gasteiger partial charge in [0.2, 0.25) is 5.91 Å². The molecule has 0 bridgehead atoms. The van der Waals surface area contributed by atoms with Gasteiger partial charge in [0, 0.05) is 18.4 Å². The number of ether oxygens (including phenoxy) is 1. The van der Waals surface area contributed by atoms with E-state index < -0.39 is 10.9 Å². The number of thioether (sulfide) groups is 1. The standard InChI is InChI=1S/C13H14N2O5S/c1-2-20-13(17)9-3-4-10(11(7-9)15(18)19)14-5-6-21-8-12(14)16/h3-4,7H,2,5-6,8H2,1H3. The first kappa shape index (κ1) is 15.3. The Kier molecular flexibility index (Phi) is 4.79. The van der Waals surface area contributed by atoms with Gasteiger partial charge < -0.3 is 9.64 Å². The molecule has 0 unspecified atom stereocenters. The molecule has 0 saturated carbocycles. The van der Waals surface area contributed by atoms with Crippen molar-refractivity contribution in [2.24, 2.45) is 0 Å². The number of hydrogen-bond acceptors (Lipinski definition) is 6. The summed E-state index contributed by atoms with van der Waals surface area (Å²) >= 11 is 1.50. The summed E-state index contributed by atoms with van der Waals surface area (Å²) in [4.78, 5) is 35.5. The van der Waals surface area contributed by atoms with Crippen LogP contribution in [0.4, 0.5) is 11.4 Å². The molecular formula is C13H14N2O5S. The zero-order valence-corrected chi connectivity index (χ0v) is 12.2. The van der Waals surface area contributed by atoms with Gasteiger partial charge in [0.05, 0.1) is 22.8 Å². The maximum Gasteiger partial charge on any atom is 0.338 e. The van der Waals surface area contributed by atoms with Crippen LogP contribution in [-0.4, -0.2) is 41.5 Å². The summed E-state index contributed by atoms with van der Waals surface area (Å²) in [6.07, 6.45) is 0. The van der Waals surface area contributed by atoms with E-state index in [4.69, 9.17) is 4.74 Å². The Morgan fingerprint density at radius 1 is 1.52 bits per heavy atom. The molecule has 1 amide bonds. The largest absolute Gasteiger partial charge is 0.462 e. The maximum atomic E-state index is 11.9. The van der Waals surface area contributed by atoms with Gasteiger partial charge in [-0.25, -0.2) is 4.79 Å². The number of amides is 1. The van der Waals surface area contributed by atoms with E-state index in [0.717, 1.165) is 11.8 Å². The van der Waals surface area contributed by atoms with Gasteiger partial charge in [0.1, 0.15) is 5.69 Å². The van der Waals surface area contributed by atoms with Crippen molar-refractivity contribution >= 4 is 35.0 Å². The van der Waals surface area contributed by atoms with Gasteiger partial charge in [0.15, 0.2) is 0 Å². The summed E-state index contributed by atoms with van der Waals surface area (Å²) in [5, 5.41) is 11.2. The molecule has 1 aliphatic heterocycles. The van der Waals surface area contributed by atoms with Crippen molar-refractivity contribution in [3.05, 3.63) is 33.9 Å². The highest BCUT2D eigenvalue weighted by Crippen LogP contribution is 2.31. The molecule has 7 nitrogen and oxygen atoms in total. The van der Waals surface area contributed by atoms with Crippen LogP contribution >= 0.6 is 11.8 Å². The highest BCUT2D eigenvalue weighted by Gasteiger charge is 2.28. The van der Waals surface area contributed by atoms with Gasteiger partial charge in [-0.05, 0) is 19.1 Å². The van der Waals surface area contributed by atoms with E-state index in [1.807, 2.05) is 0 Å². The second-order valence-electron chi connectivity index (χ2n) is 4.28. The molecule has 21 heavy (non-hydrogen) atoms. The Hall–Kier alpha value is -2.09. The molecule has 1 saturated heterocycles. The van der Waals surface area contributed by atoms with Crippen LogP contribution in [0.2, 0.25) is 0 Å². The first-order valence-electron chi connectivity index (χ1n) is 6.38. The fraction of sp³-hybridized carbons (Fsp3) is 0.385. The topological polar surface area (TPSA) is 89.8 Å². The Balaban J connectivity index is 2.39. The Morgan fingerprint density at radius 3 is 2.90 bits per heavy atom. The predicted molar refractivity (Wildman–Crippen MR) is 78.7 cm³/mol. The first-order chi connectivity index (χ1) is 10.0. The maximum absolute atomic E-state index is 11.9. The lowest BCUT2D eigenvalue weighted by atomic mass is 10.1. The van der Waals surface area contributed by atoms with Crippen LogP contribution in [0.5, 0.6) is 0 Å². The van der Waals surface area contributed by atoms with Crippen LogP contribution in [0.1, 0.15) is 17.3 Å². The second-order valence-corrected chi connectivity index (χ2v) is 5.38. The number of nitrogens with zero attached hydrogens (tertiary/aromatic N) is 2. The van der Waals surface area contributed by atoms with E-state index in [2.05, 4.69) is 0 Å². The number of esters is 1. The molecule has 1 aromatic rings. The number of benzene rings is 1. The van der Waals surface area contributed by atoms with Crippen LogP contribution in [0.15, 0.2) is 18.2 Å². The minimum atomic E-state index is -0.618. The van der Waals surface area contributed by atoms with E-state index in [9.17, 15) is 19.7 Å². The van der Waals surface area contributed by atoms with Gasteiger partial charge in [-0.2, -0.15) is 11.8 Å². The predicted octanol–water partition coefficient (Wildman–Crippen LogP) is 1.85. The van der Waals surface area contributed by atoms with Crippen LogP contribution in [0.25, 0.3) is 0 Å². The normalized spacial score (nSPS) is 14.9. The minimum absolute atomic E-state index is 0.103. The van der Waals surface area contributed by atoms with Gasteiger partial charge in [-0.15, -0.1) is 0 Å². The molecule has 8 heteroatoms. The van der Waals surface area contributed by atoms with Crippen LogP contribution < -0.4 is 4.90 Å². The van der Waals surface area contributed by atoms with Crippen LogP contribution in [0.3, 0.4) is 0 Å². The SMILES string of the molecule is CCOC(=O)c1ccc(N2CCSCC2=O)c([N+](=O)[O-])c1. The molecule has 1 aliphatic rings. The van der Waals surface area contributed by atoms with Crippen molar-refractivity contribution in [1.82, 2.24) is 0 Å². The average Bonchev–Trinajstić information content (AvgIpc) is 2.47. The zero-order valence-electron chi connectivity index (χ0n) is 11.4. The minimum Gasteiger partial charge on any atom is -0.462 e. The van der Waals surface area contributed by atoms with Gasteiger partial charge in [-0.1, -0.05) is 0 Å². The molecule has 0 aromatic heterocycles. The zero-order chi connectivity index (χ0) is 15.4. The summed E-state index contributed by atoms with van der Waals surface area (Å²) < 4.78 is 4.82. The van der Waals surface area contributed by atoms with Crippen molar-refractivity contribution in [2.75, 3.05) is 29.6 Å². The number of nitro groups is 1. The summed E-state index contributed by atoms with van der Waals surface area (Å²) in [5.41, 5.74) is 0.0604. The van der Waals surface area contributed by atoms with E-state index in [1.165, 1.54) is 28.8 Å². The Labute approximate surface area is 125 Å². The lowest BCUT2D eigenvalue weighted by Gasteiger charge is -2.26. The molecule has 0 spiro atoms. The fourth-order valence-electron chi connectivity index (χ4n) is 2.01. The average molecular weight is 310 g/mol. The van der Waals surface area contributed by atoms with Crippen molar-refractivity contribution < 1.29 is 19.2 Å². The number of nitro benzene ring substituents is 1. The second kappa shape index (κ2) is 6.57. The van der Waals surface area contributed by atoms with Gasteiger partial charge in [-0.3, -0.25) is 14.9 Å². The Bertz CT molecular complexity index is 590. The van der Waals surface area contributed by atoms with Gasteiger partial charge in [0.25, 0.3) is 5.69 Å². The monoisotopic (exact) mass is 310 g/mol. The molecular weight excluding hydrogens is 296 g/mol. The number of carbonyl (C=O) groups is 2. The summed E-state index contributed by atoms with van der Waals surface area (Å²) in [7, 11) is 0. The van der Waals surface area contributed by atoms with Crippen molar-refractivity contribution in [3.63, 3.8) is 0 Å². The van der Waals surface area contributed by atoms with Crippen LogP contribution in [-0.2, 0) is 9.53 Å². The third kappa shape index (κ3) is 3.33. The molecule has 0 aliphatic carbocycles. The smallest absolute Gasteiger partial charge is 0.338 e. The van der Waals surface area contributed by atoms with Crippen molar-refractivity contribution in [2.45, 2.75) is 6.92 Å². The molecule has 2 rings (SSSR count). The highest BCUT2D eigenvalue weighted by molar-refractivity contribution is 8.00. The molecule has 1 heterocycles. The number of carbonyl (C=O) groups excluding carboxylic acids is 2.